The van der Waals surface area contributed by atoms with E-state index in [1.807, 2.05) is 0 Å². The summed E-state index contributed by atoms with van der Waals surface area (Å²) in [5.41, 5.74) is 8.24. The van der Waals surface area contributed by atoms with Gasteiger partial charge < -0.3 is 15.2 Å². The van der Waals surface area contributed by atoms with Crippen molar-refractivity contribution in [2.75, 3.05) is 39.5 Å². The van der Waals surface area contributed by atoms with E-state index < -0.39 is 0 Å². The summed E-state index contributed by atoms with van der Waals surface area (Å²) in [5.74, 6) is 0.995. The first-order chi connectivity index (χ1) is 9.22. The van der Waals surface area contributed by atoms with Gasteiger partial charge in [-0.3, -0.25) is 4.90 Å². The van der Waals surface area contributed by atoms with E-state index in [1.54, 1.807) is 0 Å². The van der Waals surface area contributed by atoms with E-state index >= 15 is 0 Å². The molecule has 1 unspecified atom stereocenters. The van der Waals surface area contributed by atoms with Crippen LogP contribution in [0.1, 0.15) is 11.1 Å². The third-order valence-corrected chi connectivity index (χ3v) is 3.66. The summed E-state index contributed by atoms with van der Waals surface area (Å²) in [6, 6.07) is 6.48. The zero-order valence-electron chi connectivity index (χ0n) is 11.9. The highest BCUT2D eigenvalue weighted by Crippen LogP contribution is 2.22. The van der Waals surface area contributed by atoms with Crippen LogP contribution in [0.25, 0.3) is 0 Å². The summed E-state index contributed by atoms with van der Waals surface area (Å²) in [7, 11) is 0. The van der Waals surface area contributed by atoms with Crippen molar-refractivity contribution in [1.29, 1.82) is 0 Å². The van der Waals surface area contributed by atoms with Gasteiger partial charge in [-0.2, -0.15) is 0 Å². The van der Waals surface area contributed by atoms with Crippen LogP contribution in [0.3, 0.4) is 0 Å². The summed E-state index contributed by atoms with van der Waals surface area (Å²) in [6.07, 6.45) is 0. The van der Waals surface area contributed by atoms with Crippen LogP contribution in [0.2, 0.25) is 0 Å². The topological polar surface area (TPSA) is 47.7 Å². The summed E-state index contributed by atoms with van der Waals surface area (Å²) >= 11 is 0. The van der Waals surface area contributed by atoms with Crippen LogP contribution in [0, 0.1) is 13.8 Å². The molecule has 1 aliphatic rings. The molecule has 0 radical (unpaired) electrons. The van der Waals surface area contributed by atoms with Crippen molar-refractivity contribution in [3.63, 3.8) is 0 Å². The number of rotatable bonds is 5. The Balaban J connectivity index is 1.95. The average Bonchev–Trinajstić information content (AvgIpc) is 2.43. The van der Waals surface area contributed by atoms with Gasteiger partial charge in [0.05, 0.1) is 19.3 Å². The highest BCUT2D eigenvalue weighted by atomic mass is 16.5. The molecule has 1 saturated heterocycles. The molecule has 0 aromatic heterocycles. The molecule has 0 bridgehead atoms. The molecule has 0 amide bonds. The molecular weight excluding hydrogens is 240 g/mol. The van der Waals surface area contributed by atoms with Gasteiger partial charge in [-0.05, 0) is 25.0 Å². The standard InChI is InChI=1S/C15H24N2O2/c1-12-4-3-5-13(2)15(12)19-11-14(10-16)17-6-8-18-9-7-17/h3-5,14H,6-11,16H2,1-2H3. The number of morpholine rings is 1. The summed E-state index contributed by atoms with van der Waals surface area (Å²) in [4.78, 5) is 2.36. The van der Waals surface area contributed by atoms with E-state index in [-0.39, 0.29) is 6.04 Å². The molecule has 1 atom stereocenters. The monoisotopic (exact) mass is 264 g/mol. The van der Waals surface area contributed by atoms with Crippen molar-refractivity contribution in [2.24, 2.45) is 5.73 Å². The predicted molar refractivity (Wildman–Crippen MR) is 76.6 cm³/mol. The first-order valence-electron chi connectivity index (χ1n) is 6.93. The van der Waals surface area contributed by atoms with E-state index in [9.17, 15) is 0 Å². The van der Waals surface area contributed by atoms with Gasteiger partial charge in [0.25, 0.3) is 0 Å². The van der Waals surface area contributed by atoms with E-state index in [0.717, 1.165) is 32.1 Å². The quantitative estimate of drug-likeness (QED) is 0.872. The number of ether oxygens (including phenoxy) is 2. The fourth-order valence-electron chi connectivity index (χ4n) is 2.47. The molecule has 4 heteroatoms. The van der Waals surface area contributed by atoms with E-state index in [1.165, 1.54) is 11.1 Å². The van der Waals surface area contributed by atoms with Crippen molar-refractivity contribution in [3.8, 4) is 5.75 Å². The number of benzene rings is 1. The van der Waals surface area contributed by atoms with Gasteiger partial charge in [0.2, 0.25) is 0 Å². The first kappa shape index (κ1) is 14.3. The lowest BCUT2D eigenvalue weighted by Crippen LogP contribution is -2.49. The van der Waals surface area contributed by atoms with Crippen LogP contribution in [-0.2, 0) is 4.74 Å². The van der Waals surface area contributed by atoms with Crippen LogP contribution in [-0.4, -0.2) is 50.4 Å². The van der Waals surface area contributed by atoms with Crippen molar-refractivity contribution in [3.05, 3.63) is 29.3 Å². The van der Waals surface area contributed by atoms with Crippen molar-refractivity contribution in [2.45, 2.75) is 19.9 Å². The van der Waals surface area contributed by atoms with Gasteiger partial charge in [0.1, 0.15) is 12.4 Å². The van der Waals surface area contributed by atoms with Gasteiger partial charge >= 0.3 is 0 Å². The molecule has 0 saturated carbocycles. The number of hydrogen-bond donors (Lipinski definition) is 1. The van der Waals surface area contributed by atoms with Crippen LogP contribution in [0.15, 0.2) is 18.2 Å². The largest absolute Gasteiger partial charge is 0.491 e. The Morgan fingerprint density at radius 2 is 1.89 bits per heavy atom. The maximum absolute atomic E-state index is 6.01. The molecule has 1 aromatic rings. The molecule has 0 aliphatic carbocycles. The fourth-order valence-corrected chi connectivity index (χ4v) is 2.47. The van der Waals surface area contributed by atoms with Gasteiger partial charge in [-0.25, -0.2) is 0 Å². The molecule has 106 valence electrons. The van der Waals surface area contributed by atoms with Crippen LogP contribution >= 0.6 is 0 Å². The highest BCUT2D eigenvalue weighted by molar-refractivity contribution is 5.39. The highest BCUT2D eigenvalue weighted by Gasteiger charge is 2.20. The second-order valence-electron chi connectivity index (χ2n) is 5.07. The summed E-state index contributed by atoms with van der Waals surface area (Å²) in [6.45, 7) is 8.88. The summed E-state index contributed by atoms with van der Waals surface area (Å²) in [5, 5.41) is 0. The van der Waals surface area contributed by atoms with Gasteiger partial charge in [0.15, 0.2) is 0 Å². The second kappa shape index (κ2) is 6.89. The van der Waals surface area contributed by atoms with E-state index in [2.05, 4.69) is 36.9 Å². The number of nitrogens with zero attached hydrogens (tertiary/aromatic N) is 1. The lowest BCUT2D eigenvalue weighted by Gasteiger charge is -2.33. The fraction of sp³-hybridized carbons (Fsp3) is 0.600. The first-order valence-corrected chi connectivity index (χ1v) is 6.93. The zero-order chi connectivity index (χ0) is 13.7. The Labute approximate surface area is 115 Å². The third kappa shape index (κ3) is 3.69. The Morgan fingerprint density at radius 3 is 2.47 bits per heavy atom. The normalized spacial score (nSPS) is 18.3. The molecule has 4 nitrogen and oxygen atoms in total. The predicted octanol–water partition coefficient (Wildman–Crippen LogP) is 1.34. The molecule has 2 N–H and O–H groups in total. The molecule has 1 heterocycles. The molecule has 1 aliphatic heterocycles. The zero-order valence-corrected chi connectivity index (χ0v) is 11.9. The molecule has 2 rings (SSSR count). The maximum Gasteiger partial charge on any atom is 0.125 e. The Hall–Kier alpha value is -1.10. The number of hydrogen-bond acceptors (Lipinski definition) is 4. The van der Waals surface area contributed by atoms with Gasteiger partial charge in [0, 0.05) is 19.6 Å². The van der Waals surface area contributed by atoms with Gasteiger partial charge in [-0.1, -0.05) is 18.2 Å². The molecule has 1 aromatic carbocycles. The molecule has 19 heavy (non-hydrogen) atoms. The van der Waals surface area contributed by atoms with Gasteiger partial charge in [-0.15, -0.1) is 0 Å². The maximum atomic E-state index is 6.01. The smallest absolute Gasteiger partial charge is 0.125 e. The van der Waals surface area contributed by atoms with Crippen molar-refractivity contribution in [1.82, 2.24) is 4.90 Å². The molecule has 0 spiro atoms. The van der Waals surface area contributed by atoms with Crippen LogP contribution in [0.5, 0.6) is 5.75 Å². The minimum Gasteiger partial charge on any atom is -0.491 e. The molecule has 1 fully saturated rings. The number of aryl methyl sites for hydroxylation is 2. The second-order valence-corrected chi connectivity index (χ2v) is 5.07. The Kier molecular flexibility index (Phi) is 5.19. The SMILES string of the molecule is Cc1cccc(C)c1OCC(CN)N1CCOCC1. The lowest BCUT2D eigenvalue weighted by molar-refractivity contribution is 0.00812. The minimum absolute atomic E-state index is 0.267. The van der Waals surface area contributed by atoms with E-state index in [4.69, 9.17) is 15.2 Å². The lowest BCUT2D eigenvalue weighted by atomic mass is 10.1. The van der Waals surface area contributed by atoms with Crippen LogP contribution in [0.4, 0.5) is 0 Å². The Morgan fingerprint density at radius 1 is 1.26 bits per heavy atom. The van der Waals surface area contributed by atoms with Crippen LogP contribution < -0.4 is 10.5 Å². The number of para-hydroxylation sites is 1. The summed E-state index contributed by atoms with van der Waals surface area (Å²) < 4.78 is 11.4. The van der Waals surface area contributed by atoms with E-state index in [0.29, 0.717) is 13.2 Å². The van der Waals surface area contributed by atoms with Crippen molar-refractivity contribution >= 4 is 0 Å². The number of nitrogens with two attached hydrogens (primary N) is 1. The Bertz CT molecular complexity index is 383. The average molecular weight is 264 g/mol. The molecular formula is C15H24N2O2. The van der Waals surface area contributed by atoms with Crippen molar-refractivity contribution < 1.29 is 9.47 Å². The third-order valence-electron chi connectivity index (χ3n) is 3.66. The minimum atomic E-state index is 0.267.